The Labute approximate surface area is 111 Å². The molecular weight excluding hydrogens is 306 g/mol. The summed E-state index contributed by atoms with van der Waals surface area (Å²) in [5.74, 6) is 0.219. The minimum Gasteiger partial charge on any atom is -0.207 e. The van der Waals surface area contributed by atoms with E-state index in [0.717, 1.165) is 14.9 Å². The third-order valence-electron chi connectivity index (χ3n) is 2.22. The second kappa shape index (κ2) is 5.65. The molecule has 88 valence electrons. The molecule has 2 aromatic rings. The van der Waals surface area contributed by atoms with E-state index in [2.05, 4.69) is 15.9 Å². The molecule has 0 radical (unpaired) electrons. The van der Waals surface area contributed by atoms with Gasteiger partial charge in [0.2, 0.25) is 0 Å². The first-order chi connectivity index (χ1) is 8.15. The molecular formula is C13H9BrF2S. The SMILES string of the molecule is Fc1ccc(SCc2ccc(F)cc2Br)cc1. The second-order valence-corrected chi connectivity index (χ2v) is 5.38. The zero-order valence-electron chi connectivity index (χ0n) is 8.79. The molecule has 0 nitrogen and oxygen atoms in total. The van der Waals surface area contributed by atoms with Gasteiger partial charge in [-0.3, -0.25) is 0 Å². The Balaban J connectivity index is 2.04. The summed E-state index contributed by atoms with van der Waals surface area (Å²) in [4.78, 5) is 0.989. The molecule has 0 heterocycles. The maximum atomic E-state index is 12.9. The largest absolute Gasteiger partial charge is 0.207 e. The molecule has 0 saturated carbocycles. The average Bonchev–Trinajstić information content (AvgIpc) is 2.30. The Bertz CT molecular complexity index is 511. The van der Waals surface area contributed by atoms with E-state index in [0.29, 0.717) is 5.75 Å². The van der Waals surface area contributed by atoms with E-state index in [1.807, 2.05) is 0 Å². The summed E-state index contributed by atoms with van der Waals surface area (Å²) >= 11 is 4.90. The van der Waals surface area contributed by atoms with Gasteiger partial charge in [0.25, 0.3) is 0 Å². The van der Waals surface area contributed by atoms with Crippen molar-refractivity contribution in [2.45, 2.75) is 10.6 Å². The lowest BCUT2D eigenvalue weighted by Crippen LogP contribution is -1.85. The Hall–Kier alpha value is -0.870. The number of rotatable bonds is 3. The van der Waals surface area contributed by atoms with Crippen molar-refractivity contribution in [1.82, 2.24) is 0 Å². The minimum absolute atomic E-state index is 0.239. The summed E-state index contributed by atoms with van der Waals surface area (Å²) in [5, 5.41) is 0. The van der Waals surface area contributed by atoms with Crippen LogP contribution in [0.3, 0.4) is 0 Å². The number of thioether (sulfide) groups is 1. The predicted octanol–water partition coefficient (Wildman–Crippen LogP) is 5.02. The number of benzene rings is 2. The lowest BCUT2D eigenvalue weighted by atomic mass is 10.2. The zero-order chi connectivity index (χ0) is 12.3. The highest BCUT2D eigenvalue weighted by Gasteiger charge is 2.02. The summed E-state index contributed by atoms with van der Waals surface area (Å²) in [6, 6.07) is 11.0. The Kier molecular flexibility index (Phi) is 4.18. The van der Waals surface area contributed by atoms with Gasteiger partial charge in [-0.25, -0.2) is 8.78 Å². The van der Waals surface area contributed by atoms with Crippen LogP contribution < -0.4 is 0 Å². The Morgan fingerprint density at radius 3 is 2.24 bits per heavy atom. The second-order valence-electron chi connectivity index (χ2n) is 3.48. The topological polar surface area (TPSA) is 0 Å². The lowest BCUT2D eigenvalue weighted by Gasteiger charge is -2.04. The van der Waals surface area contributed by atoms with E-state index < -0.39 is 0 Å². The van der Waals surface area contributed by atoms with Crippen molar-refractivity contribution in [3.05, 3.63) is 64.1 Å². The molecule has 0 spiro atoms. The van der Waals surface area contributed by atoms with Gasteiger partial charge in [-0.15, -0.1) is 11.8 Å². The molecule has 4 heteroatoms. The van der Waals surface area contributed by atoms with E-state index >= 15 is 0 Å². The van der Waals surface area contributed by atoms with Crippen molar-refractivity contribution in [2.24, 2.45) is 0 Å². The third kappa shape index (κ3) is 3.54. The van der Waals surface area contributed by atoms with E-state index in [1.165, 1.54) is 24.3 Å². The first-order valence-corrected chi connectivity index (χ1v) is 6.75. The molecule has 17 heavy (non-hydrogen) atoms. The zero-order valence-corrected chi connectivity index (χ0v) is 11.2. The van der Waals surface area contributed by atoms with Crippen LogP contribution in [0.1, 0.15) is 5.56 Å². The van der Waals surface area contributed by atoms with Gasteiger partial charge in [0.1, 0.15) is 11.6 Å². The van der Waals surface area contributed by atoms with Crippen molar-refractivity contribution in [1.29, 1.82) is 0 Å². The lowest BCUT2D eigenvalue weighted by molar-refractivity contribution is 0.626. The van der Waals surface area contributed by atoms with E-state index in [1.54, 1.807) is 30.0 Å². The number of hydrogen-bond acceptors (Lipinski definition) is 1. The van der Waals surface area contributed by atoms with Crippen LogP contribution in [0.2, 0.25) is 0 Å². The molecule has 0 N–H and O–H groups in total. The Morgan fingerprint density at radius 2 is 1.59 bits per heavy atom. The molecule has 0 unspecified atom stereocenters. The van der Waals surface area contributed by atoms with Crippen LogP contribution in [0.5, 0.6) is 0 Å². The van der Waals surface area contributed by atoms with Crippen LogP contribution in [-0.2, 0) is 5.75 Å². The predicted molar refractivity (Wildman–Crippen MR) is 70.1 cm³/mol. The maximum absolute atomic E-state index is 12.9. The highest BCUT2D eigenvalue weighted by molar-refractivity contribution is 9.10. The highest BCUT2D eigenvalue weighted by Crippen LogP contribution is 2.27. The smallest absolute Gasteiger partial charge is 0.124 e. The van der Waals surface area contributed by atoms with Crippen LogP contribution in [0, 0.1) is 11.6 Å². The normalized spacial score (nSPS) is 10.5. The van der Waals surface area contributed by atoms with Gasteiger partial charge < -0.3 is 0 Å². The van der Waals surface area contributed by atoms with Crippen LogP contribution in [0.25, 0.3) is 0 Å². The fourth-order valence-corrected chi connectivity index (χ4v) is 2.91. The first kappa shape index (κ1) is 12.6. The molecule has 2 aromatic carbocycles. The van der Waals surface area contributed by atoms with Crippen molar-refractivity contribution in [2.75, 3.05) is 0 Å². The molecule has 0 aliphatic heterocycles. The monoisotopic (exact) mass is 314 g/mol. The molecule has 0 aliphatic carbocycles. The summed E-state index contributed by atoms with van der Waals surface area (Å²) in [5.41, 5.74) is 1.01. The first-order valence-electron chi connectivity index (χ1n) is 4.97. The quantitative estimate of drug-likeness (QED) is 0.717. The molecule has 0 saturated heterocycles. The van der Waals surface area contributed by atoms with Gasteiger partial charge in [0.15, 0.2) is 0 Å². The fourth-order valence-electron chi connectivity index (χ4n) is 1.33. The van der Waals surface area contributed by atoms with Crippen molar-refractivity contribution in [3.8, 4) is 0 Å². The number of hydrogen-bond donors (Lipinski definition) is 0. The van der Waals surface area contributed by atoms with Gasteiger partial charge >= 0.3 is 0 Å². The van der Waals surface area contributed by atoms with Gasteiger partial charge in [0.05, 0.1) is 0 Å². The molecule has 0 fully saturated rings. The molecule has 0 atom stereocenters. The highest BCUT2D eigenvalue weighted by atomic mass is 79.9. The standard InChI is InChI=1S/C13H9BrF2S/c14-13-7-11(16)2-1-9(13)8-17-12-5-3-10(15)4-6-12/h1-7H,8H2. The fraction of sp³-hybridized carbons (Fsp3) is 0.0769. The number of halogens is 3. The Morgan fingerprint density at radius 1 is 0.941 bits per heavy atom. The van der Waals surface area contributed by atoms with Gasteiger partial charge in [-0.2, -0.15) is 0 Å². The van der Waals surface area contributed by atoms with Crippen LogP contribution in [0.4, 0.5) is 8.78 Å². The van der Waals surface area contributed by atoms with Crippen LogP contribution in [0.15, 0.2) is 51.8 Å². The van der Waals surface area contributed by atoms with Crippen molar-refractivity contribution >= 4 is 27.7 Å². The van der Waals surface area contributed by atoms with E-state index in [4.69, 9.17) is 0 Å². The van der Waals surface area contributed by atoms with Gasteiger partial charge in [0, 0.05) is 15.1 Å². The van der Waals surface area contributed by atoms with Crippen LogP contribution >= 0.6 is 27.7 Å². The molecule has 0 amide bonds. The van der Waals surface area contributed by atoms with E-state index in [9.17, 15) is 8.78 Å². The molecule has 0 aliphatic rings. The molecule has 0 aromatic heterocycles. The summed E-state index contributed by atoms with van der Waals surface area (Å²) < 4.78 is 26.3. The molecule has 0 bridgehead atoms. The van der Waals surface area contributed by atoms with Crippen LogP contribution in [-0.4, -0.2) is 0 Å². The van der Waals surface area contributed by atoms with Crippen molar-refractivity contribution < 1.29 is 8.78 Å². The summed E-state index contributed by atoms with van der Waals surface area (Å²) in [6.45, 7) is 0. The summed E-state index contributed by atoms with van der Waals surface area (Å²) in [7, 11) is 0. The van der Waals surface area contributed by atoms with Gasteiger partial charge in [-0.05, 0) is 42.0 Å². The third-order valence-corrected chi connectivity index (χ3v) is 4.02. The van der Waals surface area contributed by atoms with E-state index in [-0.39, 0.29) is 11.6 Å². The van der Waals surface area contributed by atoms with Gasteiger partial charge in [-0.1, -0.05) is 22.0 Å². The maximum Gasteiger partial charge on any atom is 0.124 e. The van der Waals surface area contributed by atoms with Crippen molar-refractivity contribution in [3.63, 3.8) is 0 Å². The minimum atomic E-state index is -0.257. The molecule has 2 rings (SSSR count). The summed E-state index contributed by atoms with van der Waals surface area (Å²) in [6.07, 6.45) is 0. The average molecular weight is 315 g/mol.